The minimum absolute atomic E-state index is 0.305. The van der Waals surface area contributed by atoms with E-state index in [1.54, 1.807) is 18.2 Å². The minimum atomic E-state index is -0.433. The number of nitrogens with two attached hydrogens (primary N) is 1. The van der Waals surface area contributed by atoms with Crippen LogP contribution in [0.4, 0.5) is 4.39 Å². The van der Waals surface area contributed by atoms with E-state index in [-0.39, 0.29) is 5.91 Å². The first-order valence-corrected chi connectivity index (χ1v) is 7.36. The van der Waals surface area contributed by atoms with Gasteiger partial charge in [-0.2, -0.15) is 5.10 Å². The number of nitrogens with one attached hydrogen (secondary N) is 2. The van der Waals surface area contributed by atoms with Crippen LogP contribution in [0, 0.1) is 5.82 Å². The fourth-order valence-electron chi connectivity index (χ4n) is 2.18. The van der Waals surface area contributed by atoms with Crippen molar-refractivity contribution >= 4 is 5.91 Å². The van der Waals surface area contributed by atoms with E-state index >= 15 is 0 Å². The standard InChI is InChI=1S/C16H21FN4O/c1-3-16(18,4-2)10-19-15(22)12-9-20-21-14(12)11-7-5-6-8-13(11)17/h5-9H,3-4,10,18H2,1-2H3,(H,19,22)(H,20,21). The molecule has 0 bridgehead atoms. The molecule has 22 heavy (non-hydrogen) atoms. The Morgan fingerprint density at radius 1 is 1.36 bits per heavy atom. The van der Waals surface area contributed by atoms with E-state index in [2.05, 4.69) is 15.5 Å². The first-order valence-electron chi connectivity index (χ1n) is 7.36. The highest BCUT2D eigenvalue weighted by Gasteiger charge is 2.23. The second-order valence-corrected chi connectivity index (χ2v) is 5.39. The summed E-state index contributed by atoms with van der Waals surface area (Å²) in [7, 11) is 0. The van der Waals surface area contributed by atoms with Gasteiger partial charge in [0.1, 0.15) is 5.82 Å². The molecule has 2 rings (SSSR count). The zero-order valence-corrected chi connectivity index (χ0v) is 12.8. The monoisotopic (exact) mass is 304 g/mol. The van der Waals surface area contributed by atoms with Crippen molar-refractivity contribution < 1.29 is 9.18 Å². The molecule has 1 amide bonds. The molecule has 0 atom stereocenters. The van der Waals surface area contributed by atoms with Gasteiger partial charge in [-0.1, -0.05) is 26.0 Å². The number of amides is 1. The lowest BCUT2D eigenvalue weighted by Gasteiger charge is -2.26. The number of carbonyl (C=O) groups excluding carboxylic acids is 1. The van der Waals surface area contributed by atoms with Crippen LogP contribution in [-0.2, 0) is 0 Å². The molecule has 0 saturated carbocycles. The molecule has 0 aliphatic carbocycles. The van der Waals surface area contributed by atoms with E-state index in [9.17, 15) is 9.18 Å². The first-order chi connectivity index (χ1) is 10.5. The Bertz CT molecular complexity index is 649. The summed E-state index contributed by atoms with van der Waals surface area (Å²) in [5.74, 6) is -0.722. The number of H-pyrrole nitrogens is 1. The lowest BCUT2D eigenvalue weighted by molar-refractivity contribution is 0.0943. The molecular formula is C16H21FN4O. The number of nitrogens with zero attached hydrogens (tertiary/aromatic N) is 1. The van der Waals surface area contributed by atoms with E-state index in [1.807, 2.05) is 13.8 Å². The van der Waals surface area contributed by atoms with E-state index in [1.165, 1.54) is 12.3 Å². The van der Waals surface area contributed by atoms with Crippen LogP contribution in [-0.4, -0.2) is 28.2 Å². The number of rotatable bonds is 6. The molecule has 0 radical (unpaired) electrons. The van der Waals surface area contributed by atoms with Gasteiger partial charge in [0.2, 0.25) is 0 Å². The van der Waals surface area contributed by atoms with Crippen LogP contribution >= 0.6 is 0 Å². The van der Waals surface area contributed by atoms with Crippen LogP contribution in [0.2, 0.25) is 0 Å². The third-order valence-electron chi connectivity index (χ3n) is 4.04. The predicted molar refractivity (Wildman–Crippen MR) is 83.8 cm³/mol. The number of hydrogen-bond acceptors (Lipinski definition) is 3. The average molecular weight is 304 g/mol. The molecule has 1 aromatic heterocycles. The van der Waals surface area contributed by atoms with Crippen LogP contribution in [0.25, 0.3) is 11.3 Å². The predicted octanol–water partition coefficient (Wildman–Crippen LogP) is 2.46. The van der Waals surface area contributed by atoms with Crippen molar-refractivity contribution in [3.8, 4) is 11.3 Å². The summed E-state index contributed by atoms with van der Waals surface area (Å²) >= 11 is 0. The Morgan fingerprint density at radius 2 is 2.05 bits per heavy atom. The quantitative estimate of drug-likeness (QED) is 0.766. The van der Waals surface area contributed by atoms with Crippen LogP contribution < -0.4 is 11.1 Å². The highest BCUT2D eigenvalue weighted by molar-refractivity contribution is 5.99. The number of carbonyl (C=O) groups is 1. The molecule has 0 saturated heterocycles. The van der Waals surface area contributed by atoms with E-state index in [0.717, 1.165) is 12.8 Å². The van der Waals surface area contributed by atoms with Gasteiger partial charge in [0.05, 0.1) is 17.5 Å². The molecule has 0 aliphatic rings. The van der Waals surface area contributed by atoms with Crippen molar-refractivity contribution in [1.82, 2.24) is 15.5 Å². The van der Waals surface area contributed by atoms with Gasteiger partial charge in [-0.25, -0.2) is 4.39 Å². The van der Waals surface area contributed by atoms with Crippen molar-refractivity contribution in [1.29, 1.82) is 0 Å². The Hall–Kier alpha value is -2.21. The SMILES string of the molecule is CCC(N)(CC)CNC(=O)c1cn[nH]c1-c1ccccc1F. The Labute approximate surface area is 129 Å². The van der Waals surface area contributed by atoms with E-state index in [0.29, 0.717) is 23.4 Å². The van der Waals surface area contributed by atoms with Crippen LogP contribution in [0.3, 0.4) is 0 Å². The van der Waals surface area contributed by atoms with Crippen LogP contribution in [0.5, 0.6) is 0 Å². The fraction of sp³-hybridized carbons (Fsp3) is 0.375. The Morgan fingerprint density at radius 3 is 2.68 bits per heavy atom. The fourth-order valence-corrected chi connectivity index (χ4v) is 2.18. The highest BCUT2D eigenvalue weighted by atomic mass is 19.1. The molecule has 0 spiro atoms. The summed E-state index contributed by atoms with van der Waals surface area (Å²) in [5, 5.41) is 9.36. The topological polar surface area (TPSA) is 83.8 Å². The molecule has 4 N–H and O–H groups in total. The summed E-state index contributed by atoms with van der Waals surface area (Å²) in [6.07, 6.45) is 2.91. The van der Waals surface area contributed by atoms with Crippen molar-refractivity contribution in [2.75, 3.05) is 6.54 Å². The van der Waals surface area contributed by atoms with Gasteiger partial charge < -0.3 is 11.1 Å². The average Bonchev–Trinajstić information content (AvgIpc) is 3.02. The molecule has 1 heterocycles. The van der Waals surface area contributed by atoms with Crippen molar-refractivity contribution in [3.63, 3.8) is 0 Å². The van der Waals surface area contributed by atoms with Gasteiger partial charge in [-0.3, -0.25) is 9.89 Å². The lowest BCUT2D eigenvalue weighted by atomic mass is 9.94. The summed E-state index contributed by atoms with van der Waals surface area (Å²) in [6.45, 7) is 4.33. The maximum absolute atomic E-state index is 13.9. The normalized spacial score (nSPS) is 11.5. The summed E-state index contributed by atoms with van der Waals surface area (Å²) < 4.78 is 13.9. The van der Waals surface area contributed by atoms with Gasteiger partial charge in [-0.05, 0) is 25.0 Å². The molecule has 0 fully saturated rings. The van der Waals surface area contributed by atoms with Gasteiger partial charge in [0, 0.05) is 17.6 Å². The number of hydrogen-bond donors (Lipinski definition) is 3. The van der Waals surface area contributed by atoms with E-state index in [4.69, 9.17) is 5.73 Å². The zero-order valence-electron chi connectivity index (χ0n) is 12.8. The summed E-state index contributed by atoms with van der Waals surface area (Å²) in [4.78, 5) is 12.3. The zero-order chi connectivity index (χ0) is 16.2. The van der Waals surface area contributed by atoms with Crippen molar-refractivity contribution in [2.24, 2.45) is 5.73 Å². The number of aromatic amines is 1. The van der Waals surface area contributed by atoms with Crippen LogP contribution in [0.15, 0.2) is 30.5 Å². The smallest absolute Gasteiger partial charge is 0.255 e. The Kier molecular flexibility index (Phi) is 4.92. The number of benzene rings is 1. The second-order valence-electron chi connectivity index (χ2n) is 5.39. The molecule has 1 aromatic carbocycles. The molecule has 2 aromatic rings. The highest BCUT2D eigenvalue weighted by Crippen LogP contribution is 2.23. The maximum Gasteiger partial charge on any atom is 0.255 e. The lowest BCUT2D eigenvalue weighted by Crippen LogP contribution is -2.49. The van der Waals surface area contributed by atoms with E-state index < -0.39 is 11.4 Å². The van der Waals surface area contributed by atoms with Gasteiger partial charge >= 0.3 is 0 Å². The number of aromatic nitrogens is 2. The third kappa shape index (κ3) is 3.33. The van der Waals surface area contributed by atoms with Gasteiger partial charge in [0.25, 0.3) is 5.91 Å². The molecule has 0 unspecified atom stereocenters. The summed E-state index contributed by atoms with van der Waals surface area (Å²) in [6, 6.07) is 6.25. The maximum atomic E-state index is 13.9. The second kappa shape index (κ2) is 6.70. The summed E-state index contributed by atoms with van der Waals surface area (Å²) in [5.41, 5.74) is 6.73. The molecule has 6 heteroatoms. The molecule has 5 nitrogen and oxygen atoms in total. The molecular weight excluding hydrogens is 283 g/mol. The number of halogens is 1. The molecule has 118 valence electrons. The van der Waals surface area contributed by atoms with Crippen molar-refractivity contribution in [2.45, 2.75) is 32.2 Å². The van der Waals surface area contributed by atoms with Gasteiger partial charge in [0.15, 0.2) is 0 Å². The van der Waals surface area contributed by atoms with Crippen LogP contribution in [0.1, 0.15) is 37.0 Å². The van der Waals surface area contributed by atoms with Crippen molar-refractivity contribution in [3.05, 3.63) is 41.8 Å². The molecule has 0 aliphatic heterocycles. The Balaban J connectivity index is 2.19. The van der Waals surface area contributed by atoms with Gasteiger partial charge in [-0.15, -0.1) is 0 Å². The first kappa shape index (κ1) is 16.2. The largest absolute Gasteiger partial charge is 0.350 e. The minimum Gasteiger partial charge on any atom is -0.350 e. The third-order valence-corrected chi connectivity index (χ3v) is 4.04.